The van der Waals surface area contributed by atoms with Crippen LogP contribution in [0.15, 0.2) is 36.4 Å². The zero-order valence-electron chi connectivity index (χ0n) is 9.11. The Kier molecular flexibility index (Phi) is 9.59. The Morgan fingerprint density at radius 2 is 1.50 bits per heavy atom. The predicted molar refractivity (Wildman–Crippen MR) is 61.3 cm³/mol. The van der Waals surface area contributed by atoms with E-state index in [0.717, 1.165) is 13.0 Å². The van der Waals surface area contributed by atoms with Crippen LogP contribution in [-0.4, -0.2) is 24.3 Å². The van der Waals surface area contributed by atoms with Crippen LogP contribution in [0.5, 0.6) is 0 Å². The molecule has 0 saturated heterocycles. The van der Waals surface area contributed by atoms with E-state index in [1.165, 1.54) is 0 Å². The molecule has 1 rings (SSSR count). The third kappa shape index (κ3) is 11.1. The molecular formula is C12H21NO. The van der Waals surface area contributed by atoms with Crippen LogP contribution in [0.3, 0.4) is 0 Å². The third-order valence-corrected chi connectivity index (χ3v) is 1.53. The van der Waals surface area contributed by atoms with Crippen molar-refractivity contribution in [3.63, 3.8) is 0 Å². The summed E-state index contributed by atoms with van der Waals surface area (Å²) in [6.07, 6.45) is 0.925. The van der Waals surface area contributed by atoms with Gasteiger partial charge >= 0.3 is 0 Å². The summed E-state index contributed by atoms with van der Waals surface area (Å²) >= 11 is 0. The summed E-state index contributed by atoms with van der Waals surface area (Å²) in [5.74, 6) is 0. The number of rotatable bonds is 4. The Balaban J connectivity index is 0.000000249. The Bertz CT molecular complexity index is 160. The Labute approximate surface area is 87.0 Å². The van der Waals surface area contributed by atoms with Crippen LogP contribution >= 0.6 is 0 Å². The highest BCUT2D eigenvalue weighted by molar-refractivity contribution is 4.99. The summed E-state index contributed by atoms with van der Waals surface area (Å²) in [5.41, 5.74) is 0. The van der Waals surface area contributed by atoms with Crippen molar-refractivity contribution in [2.45, 2.75) is 26.4 Å². The standard InChI is InChI=1S/C6H15NO.C6H6/c1-3-4-7-5-6(2)8;1-2-4-6-5-3-1/h6-8H,3-5H2,1-2H3;1-6H. The van der Waals surface area contributed by atoms with E-state index in [4.69, 9.17) is 5.11 Å². The molecule has 0 aromatic heterocycles. The summed E-state index contributed by atoms with van der Waals surface area (Å²) < 4.78 is 0. The highest BCUT2D eigenvalue weighted by Gasteiger charge is 1.90. The normalized spacial score (nSPS) is 11.4. The first-order valence-corrected chi connectivity index (χ1v) is 5.16. The van der Waals surface area contributed by atoms with Gasteiger partial charge in [-0.3, -0.25) is 0 Å². The molecule has 80 valence electrons. The van der Waals surface area contributed by atoms with Crippen molar-refractivity contribution in [3.05, 3.63) is 36.4 Å². The molecule has 2 nitrogen and oxygen atoms in total. The van der Waals surface area contributed by atoms with Crippen molar-refractivity contribution < 1.29 is 5.11 Å². The van der Waals surface area contributed by atoms with Gasteiger partial charge < -0.3 is 10.4 Å². The molecule has 1 aromatic rings. The minimum absolute atomic E-state index is 0.207. The molecule has 1 atom stereocenters. The number of benzene rings is 1. The van der Waals surface area contributed by atoms with Gasteiger partial charge in [0.2, 0.25) is 0 Å². The molecule has 0 radical (unpaired) electrons. The molecule has 0 amide bonds. The van der Waals surface area contributed by atoms with E-state index in [2.05, 4.69) is 12.2 Å². The zero-order valence-corrected chi connectivity index (χ0v) is 9.11. The lowest BCUT2D eigenvalue weighted by molar-refractivity contribution is 0.191. The second kappa shape index (κ2) is 10.2. The minimum Gasteiger partial charge on any atom is -0.392 e. The van der Waals surface area contributed by atoms with E-state index >= 15 is 0 Å². The van der Waals surface area contributed by atoms with Crippen molar-refractivity contribution >= 4 is 0 Å². The largest absolute Gasteiger partial charge is 0.392 e. The first-order chi connectivity index (χ1) is 6.77. The van der Waals surface area contributed by atoms with Crippen molar-refractivity contribution in [1.82, 2.24) is 5.32 Å². The van der Waals surface area contributed by atoms with Crippen LogP contribution in [0.2, 0.25) is 0 Å². The zero-order chi connectivity index (χ0) is 10.6. The number of hydrogen-bond acceptors (Lipinski definition) is 2. The van der Waals surface area contributed by atoms with Crippen LogP contribution in [0.4, 0.5) is 0 Å². The molecule has 0 spiro atoms. The lowest BCUT2D eigenvalue weighted by Crippen LogP contribution is -2.24. The predicted octanol–water partition coefficient (Wildman–Crippen LogP) is 2.05. The van der Waals surface area contributed by atoms with E-state index in [-0.39, 0.29) is 6.10 Å². The Hall–Kier alpha value is -0.860. The lowest BCUT2D eigenvalue weighted by Gasteiger charge is -2.03. The molecule has 14 heavy (non-hydrogen) atoms. The number of nitrogens with one attached hydrogen (secondary N) is 1. The first kappa shape index (κ1) is 13.1. The van der Waals surface area contributed by atoms with E-state index in [0.29, 0.717) is 6.54 Å². The van der Waals surface area contributed by atoms with Crippen LogP contribution in [0.1, 0.15) is 20.3 Å². The van der Waals surface area contributed by atoms with E-state index < -0.39 is 0 Å². The third-order valence-electron chi connectivity index (χ3n) is 1.53. The quantitative estimate of drug-likeness (QED) is 0.721. The highest BCUT2D eigenvalue weighted by atomic mass is 16.3. The van der Waals surface area contributed by atoms with Crippen LogP contribution in [-0.2, 0) is 0 Å². The summed E-state index contributed by atoms with van der Waals surface area (Å²) in [4.78, 5) is 0. The molecule has 0 aliphatic heterocycles. The van der Waals surface area contributed by atoms with Crippen molar-refractivity contribution in [3.8, 4) is 0 Å². The fourth-order valence-corrected chi connectivity index (χ4v) is 0.873. The molecule has 0 fully saturated rings. The molecule has 2 N–H and O–H groups in total. The van der Waals surface area contributed by atoms with Crippen LogP contribution in [0, 0.1) is 0 Å². The topological polar surface area (TPSA) is 32.3 Å². The maximum absolute atomic E-state index is 8.72. The number of aliphatic hydroxyl groups excluding tert-OH is 1. The maximum atomic E-state index is 8.72. The summed E-state index contributed by atoms with van der Waals surface area (Å²) in [6, 6.07) is 12.0. The lowest BCUT2D eigenvalue weighted by atomic mass is 10.4. The molecule has 0 bridgehead atoms. The molecule has 0 saturated carbocycles. The smallest absolute Gasteiger partial charge is 0.0636 e. The Morgan fingerprint density at radius 1 is 1.07 bits per heavy atom. The fraction of sp³-hybridized carbons (Fsp3) is 0.500. The molecule has 1 unspecified atom stereocenters. The van der Waals surface area contributed by atoms with Gasteiger partial charge in [-0.15, -0.1) is 0 Å². The van der Waals surface area contributed by atoms with Gasteiger partial charge in [0.25, 0.3) is 0 Å². The SMILES string of the molecule is CCCNCC(C)O.c1ccccc1. The summed E-state index contributed by atoms with van der Waals surface area (Å²) in [7, 11) is 0. The van der Waals surface area contributed by atoms with Gasteiger partial charge in [0, 0.05) is 6.54 Å². The summed E-state index contributed by atoms with van der Waals surface area (Å²) in [6.45, 7) is 5.61. The van der Waals surface area contributed by atoms with Gasteiger partial charge in [0.05, 0.1) is 6.10 Å². The van der Waals surface area contributed by atoms with Crippen molar-refractivity contribution in [2.24, 2.45) is 0 Å². The van der Waals surface area contributed by atoms with E-state index in [1.807, 2.05) is 36.4 Å². The average Bonchev–Trinajstić information content (AvgIpc) is 2.21. The molecule has 0 heterocycles. The monoisotopic (exact) mass is 195 g/mol. The molecule has 2 heteroatoms. The van der Waals surface area contributed by atoms with Crippen LogP contribution in [0.25, 0.3) is 0 Å². The molecular weight excluding hydrogens is 174 g/mol. The molecule has 0 aliphatic rings. The number of hydrogen-bond donors (Lipinski definition) is 2. The average molecular weight is 195 g/mol. The van der Waals surface area contributed by atoms with Gasteiger partial charge in [0.1, 0.15) is 0 Å². The van der Waals surface area contributed by atoms with E-state index in [9.17, 15) is 0 Å². The minimum atomic E-state index is -0.207. The van der Waals surface area contributed by atoms with Crippen molar-refractivity contribution in [2.75, 3.05) is 13.1 Å². The summed E-state index contributed by atoms with van der Waals surface area (Å²) in [5, 5.41) is 11.8. The van der Waals surface area contributed by atoms with E-state index in [1.54, 1.807) is 6.92 Å². The second-order valence-electron chi connectivity index (χ2n) is 3.21. The molecule has 1 aromatic carbocycles. The maximum Gasteiger partial charge on any atom is 0.0636 e. The molecule has 0 aliphatic carbocycles. The number of aliphatic hydroxyl groups is 1. The van der Waals surface area contributed by atoms with Gasteiger partial charge in [-0.2, -0.15) is 0 Å². The van der Waals surface area contributed by atoms with Gasteiger partial charge in [0.15, 0.2) is 0 Å². The highest BCUT2D eigenvalue weighted by Crippen LogP contribution is 1.80. The van der Waals surface area contributed by atoms with Gasteiger partial charge in [-0.1, -0.05) is 43.3 Å². The van der Waals surface area contributed by atoms with Gasteiger partial charge in [-0.05, 0) is 19.9 Å². The Morgan fingerprint density at radius 3 is 1.79 bits per heavy atom. The van der Waals surface area contributed by atoms with Gasteiger partial charge in [-0.25, -0.2) is 0 Å². The second-order valence-corrected chi connectivity index (χ2v) is 3.21. The fourth-order valence-electron chi connectivity index (χ4n) is 0.873. The first-order valence-electron chi connectivity index (χ1n) is 5.16. The van der Waals surface area contributed by atoms with Crippen LogP contribution < -0.4 is 5.32 Å². The van der Waals surface area contributed by atoms with Crippen molar-refractivity contribution in [1.29, 1.82) is 0 Å².